The average molecular weight is 371 g/mol. The van der Waals surface area contributed by atoms with Crippen LogP contribution in [0.3, 0.4) is 0 Å². The predicted octanol–water partition coefficient (Wildman–Crippen LogP) is 2.92. The van der Waals surface area contributed by atoms with E-state index in [2.05, 4.69) is 6.92 Å². The van der Waals surface area contributed by atoms with Gasteiger partial charge >= 0.3 is 6.09 Å². The van der Waals surface area contributed by atoms with Crippen molar-refractivity contribution >= 4 is 6.09 Å². The quantitative estimate of drug-likeness (QED) is 0.744. The molecule has 1 spiro atoms. The van der Waals surface area contributed by atoms with Crippen LogP contribution in [-0.4, -0.2) is 66.7 Å². The SMILES string of the molecule is CO[C@@]1(C)O[C@@H]2[C@@H](C)C3(CC3)N(C(=O)OC(C)(C)C)C[C@H]2O[C@]1(C)OC. The maximum atomic E-state index is 12.9. The highest BCUT2D eigenvalue weighted by molar-refractivity contribution is 5.70. The van der Waals surface area contributed by atoms with Gasteiger partial charge in [0.05, 0.1) is 18.2 Å². The largest absolute Gasteiger partial charge is 0.444 e. The molecule has 7 heteroatoms. The maximum Gasteiger partial charge on any atom is 0.410 e. The fraction of sp³-hybridized carbons (Fsp3) is 0.947. The molecule has 0 unspecified atom stereocenters. The summed E-state index contributed by atoms with van der Waals surface area (Å²) in [5.41, 5.74) is -0.755. The van der Waals surface area contributed by atoms with Crippen LogP contribution in [0, 0.1) is 5.92 Å². The minimum absolute atomic E-state index is 0.102. The van der Waals surface area contributed by atoms with E-state index in [1.807, 2.05) is 32.6 Å². The summed E-state index contributed by atoms with van der Waals surface area (Å²) in [6, 6.07) is 0. The summed E-state index contributed by atoms with van der Waals surface area (Å²) in [7, 11) is 3.16. The minimum atomic E-state index is -1.07. The molecule has 2 saturated heterocycles. The number of piperidine rings is 1. The molecule has 1 aliphatic carbocycles. The van der Waals surface area contributed by atoms with E-state index in [1.54, 1.807) is 21.1 Å². The van der Waals surface area contributed by atoms with Crippen LogP contribution in [0.15, 0.2) is 0 Å². The van der Waals surface area contributed by atoms with Gasteiger partial charge in [0.15, 0.2) is 0 Å². The monoisotopic (exact) mass is 371 g/mol. The summed E-state index contributed by atoms with van der Waals surface area (Å²) < 4.78 is 29.6. The van der Waals surface area contributed by atoms with Gasteiger partial charge in [-0.05, 0) is 47.5 Å². The molecule has 0 bridgehead atoms. The van der Waals surface area contributed by atoms with Gasteiger partial charge in [-0.1, -0.05) is 6.92 Å². The number of rotatable bonds is 2. The topological polar surface area (TPSA) is 66.5 Å². The molecule has 0 aromatic heterocycles. The second-order valence-electron chi connectivity index (χ2n) is 9.02. The fourth-order valence-electron chi connectivity index (χ4n) is 4.28. The second-order valence-corrected chi connectivity index (χ2v) is 9.02. The van der Waals surface area contributed by atoms with Crippen molar-refractivity contribution in [3.63, 3.8) is 0 Å². The Morgan fingerprint density at radius 2 is 1.62 bits per heavy atom. The first-order chi connectivity index (χ1) is 11.9. The van der Waals surface area contributed by atoms with Crippen LogP contribution in [0.4, 0.5) is 4.79 Å². The van der Waals surface area contributed by atoms with Gasteiger partial charge in [-0.25, -0.2) is 4.79 Å². The zero-order chi connectivity index (χ0) is 19.5. The molecule has 0 N–H and O–H groups in total. The Kier molecular flexibility index (Phi) is 4.63. The van der Waals surface area contributed by atoms with Crippen LogP contribution in [0.5, 0.6) is 0 Å². The van der Waals surface area contributed by atoms with E-state index in [9.17, 15) is 4.79 Å². The minimum Gasteiger partial charge on any atom is -0.444 e. The number of amides is 1. The molecule has 0 aromatic carbocycles. The molecule has 26 heavy (non-hydrogen) atoms. The molecule has 3 rings (SSSR count). The molecule has 2 heterocycles. The van der Waals surface area contributed by atoms with Crippen LogP contribution in [0.1, 0.15) is 54.4 Å². The average Bonchev–Trinajstić information content (AvgIpc) is 3.33. The molecule has 3 fully saturated rings. The number of likely N-dealkylation sites (tertiary alicyclic amines) is 1. The number of hydrogen-bond donors (Lipinski definition) is 0. The summed E-state index contributed by atoms with van der Waals surface area (Å²) in [6.07, 6.45) is 1.13. The van der Waals surface area contributed by atoms with E-state index in [1.165, 1.54) is 0 Å². The zero-order valence-corrected chi connectivity index (χ0v) is 17.3. The lowest BCUT2D eigenvalue weighted by Gasteiger charge is -2.58. The summed E-state index contributed by atoms with van der Waals surface area (Å²) in [4.78, 5) is 14.7. The third-order valence-corrected chi connectivity index (χ3v) is 6.32. The number of hydrogen-bond acceptors (Lipinski definition) is 6. The van der Waals surface area contributed by atoms with Crippen LogP contribution in [0.2, 0.25) is 0 Å². The third kappa shape index (κ3) is 2.93. The molecule has 0 aromatic rings. The number of carbonyl (C=O) groups excluding carboxylic acids is 1. The van der Waals surface area contributed by atoms with Crippen LogP contribution >= 0.6 is 0 Å². The van der Waals surface area contributed by atoms with Crippen molar-refractivity contribution < 1.29 is 28.5 Å². The molecule has 3 aliphatic rings. The van der Waals surface area contributed by atoms with Crippen molar-refractivity contribution in [1.82, 2.24) is 4.90 Å². The lowest BCUT2D eigenvalue weighted by atomic mass is 9.82. The first-order valence-corrected chi connectivity index (χ1v) is 9.38. The first-order valence-electron chi connectivity index (χ1n) is 9.38. The summed E-state index contributed by atoms with van der Waals surface area (Å²) in [6.45, 7) is 11.8. The number of fused-ring (bicyclic) bond motifs is 1. The highest BCUT2D eigenvalue weighted by Crippen LogP contribution is 2.56. The Balaban J connectivity index is 1.88. The van der Waals surface area contributed by atoms with Crippen molar-refractivity contribution in [3.8, 4) is 0 Å². The maximum absolute atomic E-state index is 12.9. The Bertz CT molecular complexity index is 571. The van der Waals surface area contributed by atoms with E-state index in [-0.39, 0.29) is 29.8 Å². The molecule has 7 nitrogen and oxygen atoms in total. The van der Waals surface area contributed by atoms with Gasteiger partial charge in [0.1, 0.15) is 11.7 Å². The Labute approximate surface area is 156 Å². The summed E-state index contributed by atoms with van der Waals surface area (Å²) in [5, 5.41) is 0. The number of carbonyl (C=O) groups is 1. The van der Waals surface area contributed by atoms with Crippen LogP contribution in [0.25, 0.3) is 0 Å². The van der Waals surface area contributed by atoms with Crippen LogP contribution < -0.4 is 0 Å². The van der Waals surface area contributed by atoms with Gasteiger partial charge < -0.3 is 23.7 Å². The van der Waals surface area contributed by atoms with Crippen molar-refractivity contribution in [2.75, 3.05) is 20.8 Å². The molecular weight excluding hydrogens is 338 g/mol. The van der Waals surface area contributed by atoms with Gasteiger partial charge in [0.2, 0.25) is 11.6 Å². The number of methoxy groups -OCH3 is 2. The fourth-order valence-corrected chi connectivity index (χ4v) is 4.28. The van der Waals surface area contributed by atoms with Crippen molar-refractivity contribution in [1.29, 1.82) is 0 Å². The van der Waals surface area contributed by atoms with Crippen LogP contribution in [-0.2, 0) is 23.7 Å². The lowest BCUT2D eigenvalue weighted by molar-refractivity contribution is -0.458. The highest BCUT2D eigenvalue weighted by Gasteiger charge is 2.67. The zero-order valence-electron chi connectivity index (χ0n) is 17.3. The molecule has 150 valence electrons. The van der Waals surface area contributed by atoms with E-state index >= 15 is 0 Å². The summed E-state index contributed by atoms with van der Waals surface area (Å²) >= 11 is 0. The third-order valence-electron chi connectivity index (χ3n) is 6.32. The number of ether oxygens (including phenoxy) is 5. The molecule has 0 radical (unpaired) electrons. The Morgan fingerprint density at radius 3 is 2.08 bits per heavy atom. The van der Waals surface area contributed by atoms with Gasteiger partial charge in [0.25, 0.3) is 0 Å². The van der Waals surface area contributed by atoms with Crippen molar-refractivity contribution in [2.24, 2.45) is 5.92 Å². The molecule has 2 aliphatic heterocycles. The van der Waals surface area contributed by atoms with Gasteiger partial charge in [-0.3, -0.25) is 4.90 Å². The van der Waals surface area contributed by atoms with E-state index in [0.717, 1.165) is 12.8 Å². The number of nitrogens with zero attached hydrogens (tertiary/aromatic N) is 1. The molecule has 5 atom stereocenters. The molecule has 1 amide bonds. The van der Waals surface area contributed by atoms with Crippen molar-refractivity contribution in [3.05, 3.63) is 0 Å². The smallest absolute Gasteiger partial charge is 0.410 e. The van der Waals surface area contributed by atoms with Gasteiger partial charge in [-0.2, -0.15) is 0 Å². The van der Waals surface area contributed by atoms with Crippen molar-refractivity contribution in [2.45, 2.75) is 89.3 Å². The lowest BCUT2D eigenvalue weighted by Crippen LogP contribution is -2.72. The molecular formula is C19H33NO6. The van der Waals surface area contributed by atoms with E-state index < -0.39 is 17.2 Å². The van der Waals surface area contributed by atoms with E-state index in [0.29, 0.717) is 6.54 Å². The van der Waals surface area contributed by atoms with E-state index in [4.69, 9.17) is 23.7 Å². The standard InChI is InChI=1S/C19H33NO6/c1-12-14-13(24-17(5,22-7)18(6,23-8)25-14)11-20(19(12)9-10-19)15(21)26-16(2,3)4/h12-14H,9-11H2,1-8H3/t12-,13-,14-,17+,18+/m1/s1. The summed E-state index contributed by atoms with van der Waals surface area (Å²) in [5.74, 6) is -2.00. The highest BCUT2D eigenvalue weighted by atomic mass is 16.8. The van der Waals surface area contributed by atoms with Gasteiger partial charge in [0, 0.05) is 20.1 Å². The first kappa shape index (κ1) is 19.9. The Hall–Kier alpha value is -0.890. The normalized spacial score (nSPS) is 41.7. The van der Waals surface area contributed by atoms with Gasteiger partial charge in [-0.15, -0.1) is 0 Å². The second kappa shape index (κ2) is 6.06. The Morgan fingerprint density at radius 1 is 1.08 bits per heavy atom. The predicted molar refractivity (Wildman–Crippen MR) is 94.6 cm³/mol. The molecule has 1 saturated carbocycles.